The van der Waals surface area contributed by atoms with Gasteiger partial charge in [0.1, 0.15) is 12.7 Å². The van der Waals surface area contributed by atoms with Gasteiger partial charge in [-0.2, -0.15) is 18.4 Å². The number of rotatable bonds is 14. The SMILES string of the molecule is C[C@H](Cc1cc(C#N)c2c(ccn2CCCOC(=O)c2ccccc2)c1)NCCOc1ccccc1OCC(F)(F)F. The van der Waals surface area contributed by atoms with Crippen LogP contribution in [0, 0.1) is 11.3 Å². The Hall–Kier alpha value is -4.49. The van der Waals surface area contributed by atoms with E-state index in [-0.39, 0.29) is 36.7 Å². The first-order chi connectivity index (χ1) is 20.2. The first-order valence-corrected chi connectivity index (χ1v) is 13.6. The molecule has 0 bridgehead atoms. The maximum absolute atomic E-state index is 12.5. The maximum Gasteiger partial charge on any atom is 0.422 e. The van der Waals surface area contributed by atoms with E-state index in [0.29, 0.717) is 37.1 Å². The largest absolute Gasteiger partial charge is 0.488 e. The second-order valence-electron chi connectivity index (χ2n) is 9.82. The van der Waals surface area contributed by atoms with E-state index in [2.05, 4.69) is 17.5 Å². The first-order valence-electron chi connectivity index (χ1n) is 13.6. The number of nitrogens with one attached hydrogen (secondary N) is 1. The molecule has 4 rings (SSSR count). The number of carbonyl (C=O) groups excluding carboxylic acids is 1. The van der Waals surface area contributed by atoms with Crippen LogP contribution in [0.3, 0.4) is 0 Å². The fourth-order valence-electron chi connectivity index (χ4n) is 4.60. The fourth-order valence-corrected chi connectivity index (χ4v) is 4.60. The Bertz CT molecular complexity index is 1510. The number of aromatic nitrogens is 1. The third-order valence-corrected chi connectivity index (χ3v) is 6.46. The Morgan fingerprint density at radius 1 is 1.00 bits per heavy atom. The quantitative estimate of drug-likeness (QED) is 0.139. The van der Waals surface area contributed by atoms with Crippen LogP contribution < -0.4 is 14.8 Å². The lowest BCUT2D eigenvalue weighted by Crippen LogP contribution is -2.31. The molecule has 0 aliphatic rings. The van der Waals surface area contributed by atoms with Crippen molar-refractivity contribution in [3.63, 3.8) is 0 Å². The molecule has 1 atom stereocenters. The molecule has 0 spiro atoms. The zero-order chi connectivity index (χ0) is 30.0. The second kappa shape index (κ2) is 14.4. The van der Waals surface area contributed by atoms with Gasteiger partial charge in [0, 0.05) is 30.7 Å². The van der Waals surface area contributed by atoms with Crippen LogP contribution in [0.4, 0.5) is 13.2 Å². The number of ether oxygens (including phenoxy) is 3. The molecule has 0 radical (unpaired) electrons. The monoisotopic (exact) mass is 579 g/mol. The maximum atomic E-state index is 12.5. The smallest absolute Gasteiger partial charge is 0.422 e. The molecular formula is C32H32F3N3O4. The fraction of sp³-hybridized carbons (Fsp3) is 0.312. The molecule has 3 aromatic carbocycles. The third kappa shape index (κ3) is 8.75. The minimum atomic E-state index is -4.43. The summed E-state index contributed by atoms with van der Waals surface area (Å²) in [6, 6.07) is 23.4. The molecule has 42 heavy (non-hydrogen) atoms. The van der Waals surface area contributed by atoms with Crippen molar-refractivity contribution in [1.29, 1.82) is 5.26 Å². The molecule has 0 saturated carbocycles. The highest BCUT2D eigenvalue weighted by Gasteiger charge is 2.29. The molecule has 0 amide bonds. The molecular weight excluding hydrogens is 547 g/mol. The zero-order valence-electron chi connectivity index (χ0n) is 23.2. The summed E-state index contributed by atoms with van der Waals surface area (Å²) >= 11 is 0. The molecule has 0 fully saturated rings. The van der Waals surface area contributed by atoms with E-state index in [1.165, 1.54) is 6.07 Å². The number of carbonyl (C=O) groups is 1. The zero-order valence-corrected chi connectivity index (χ0v) is 23.2. The number of benzene rings is 3. The Labute approximate surface area is 242 Å². The molecule has 0 aliphatic heterocycles. The van der Waals surface area contributed by atoms with Gasteiger partial charge < -0.3 is 24.1 Å². The molecule has 10 heteroatoms. The highest BCUT2D eigenvalue weighted by atomic mass is 19.4. The van der Waals surface area contributed by atoms with Gasteiger partial charge in [0.05, 0.1) is 23.3 Å². The van der Waals surface area contributed by atoms with Crippen LogP contribution >= 0.6 is 0 Å². The molecule has 1 heterocycles. The molecule has 1 aromatic heterocycles. The lowest BCUT2D eigenvalue weighted by molar-refractivity contribution is -0.153. The molecule has 220 valence electrons. The van der Waals surface area contributed by atoms with Crippen molar-refractivity contribution in [1.82, 2.24) is 9.88 Å². The summed E-state index contributed by atoms with van der Waals surface area (Å²) in [6.07, 6.45) is -1.22. The van der Waals surface area contributed by atoms with Crippen molar-refractivity contribution in [3.8, 4) is 17.6 Å². The standard InChI is InChI=1S/C32H32F3N3O4/c1-23(37-13-17-40-28-10-5-6-11-29(28)42-22-32(33,34)35)18-24-19-26-12-15-38(30(26)27(20-24)21-36)14-7-16-41-31(39)25-8-3-2-4-9-25/h2-6,8-12,15,19-20,23,37H,7,13-14,16-18,22H2,1H3/t23-/m1/s1. The minimum Gasteiger partial charge on any atom is -0.488 e. The Morgan fingerprint density at radius 3 is 2.43 bits per heavy atom. The minimum absolute atomic E-state index is 0.0420. The van der Waals surface area contributed by atoms with E-state index in [4.69, 9.17) is 14.2 Å². The van der Waals surface area contributed by atoms with E-state index in [1.54, 1.807) is 42.5 Å². The molecule has 0 saturated heterocycles. The highest BCUT2D eigenvalue weighted by molar-refractivity contribution is 5.89. The number of halogens is 3. The predicted molar refractivity (Wildman–Crippen MR) is 153 cm³/mol. The van der Waals surface area contributed by atoms with Crippen LogP contribution in [0.15, 0.2) is 79.0 Å². The van der Waals surface area contributed by atoms with E-state index in [1.807, 2.05) is 35.9 Å². The Balaban J connectivity index is 1.26. The highest BCUT2D eigenvalue weighted by Crippen LogP contribution is 2.28. The molecule has 7 nitrogen and oxygen atoms in total. The van der Waals surface area contributed by atoms with Crippen molar-refractivity contribution >= 4 is 16.9 Å². The van der Waals surface area contributed by atoms with Crippen molar-refractivity contribution in [2.75, 3.05) is 26.4 Å². The molecule has 0 aliphatic carbocycles. The van der Waals surface area contributed by atoms with E-state index in [0.717, 1.165) is 16.5 Å². The number of nitrogens with zero attached hydrogens (tertiary/aromatic N) is 2. The first kappa shape index (κ1) is 30.5. The molecule has 0 unspecified atom stereocenters. The van der Waals surface area contributed by atoms with E-state index in [9.17, 15) is 23.2 Å². The average molecular weight is 580 g/mol. The number of hydrogen-bond acceptors (Lipinski definition) is 6. The van der Waals surface area contributed by atoms with Gasteiger partial charge in [-0.25, -0.2) is 4.79 Å². The summed E-state index contributed by atoms with van der Waals surface area (Å²) in [6.45, 7) is 2.20. The summed E-state index contributed by atoms with van der Waals surface area (Å²) in [5.74, 6) is -0.0658. The van der Waals surface area contributed by atoms with Crippen molar-refractivity contribution < 1.29 is 32.2 Å². The van der Waals surface area contributed by atoms with Gasteiger partial charge >= 0.3 is 12.1 Å². The van der Waals surface area contributed by atoms with Crippen molar-refractivity contribution in [3.05, 3.63) is 95.7 Å². The number of alkyl halides is 3. The summed E-state index contributed by atoms with van der Waals surface area (Å²) in [4.78, 5) is 12.1. The number of esters is 1. The van der Waals surface area contributed by atoms with Crippen molar-refractivity contribution in [2.24, 2.45) is 0 Å². The van der Waals surface area contributed by atoms with Gasteiger partial charge in [0.25, 0.3) is 0 Å². The van der Waals surface area contributed by atoms with Gasteiger partial charge in [0.15, 0.2) is 18.1 Å². The van der Waals surface area contributed by atoms with Gasteiger partial charge in [0.2, 0.25) is 0 Å². The van der Waals surface area contributed by atoms with Crippen LogP contribution in [0.1, 0.15) is 34.8 Å². The van der Waals surface area contributed by atoms with Crippen LogP contribution in [0.25, 0.3) is 10.9 Å². The number of aryl methyl sites for hydroxylation is 1. The summed E-state index contributed by atoms with van der Waals surface area (Å²) in [5, 5.41) is 14.2. The second-order valence-corrected chi connectivity index (χ2v) is 9.82. The van der Waals surface area contributed by atoms with Gasteiger partial charge in [-0.05, 0) is 67.8 Å². The summed E-state index contributed by atoms with van der Waals surface area (Å²) in [5.41, 5.74) is 2.93. The van der Waals surface area contributed by atoms with Crippen LogP contribution in [0.2, 0.25) is 0 Å². The predicted octanol–water partition coefficient (Wildman–Crippen LogP) is 6.30. The van der Waals surface area contributed by atoms with E-state index < -0.39 is 12.8 Å². The lowest BCUT2D eigenvalue weighted by atomic mass is 10.0. The normalized spacial score (nSPS) is 12.1. The van der Waals surface area contributed by atoms with Crippen molar-refractivity contribution in [2.45, 2.75) is 38.5 Å². The number of para-hydroxylation sites is 2. The summed E-state index contributed by atoms with van der Waals surface area (Å²) < 4.78 is 55.4. The Kier molecular flexibility index (Phi) is 10.5. The number of nitriles is 1. The number of hydrogen-bond donors (Lipinski definition) is 1. The lowest BCUT2D eigenvalue weighted by Gasteiger charge is -2.17. The van der Waals surface area contributed by atoms with E-state index >= 15 is 0 Å². The topological polar surface area (TPSA) is 85.5 Å². The van der Waals surface area contributed by atoms with Gasteiger partial charge in [-0.3, -0.25) is 0 Å². The van der Waals surface area contributed by atoms with Crippen LogP contribution in [-0.2, 0) is 17.7 Å². The van der Waals surface area contributed by atoms with Crippen LogP contribution in [-0.4, -0.2) is 49.1 Å². The average Bonchev–Trinajstić information content (AvgIpc) is 3.39. The third-order valence-electron chi connectivity index (χ3n) is 6.46. The van der Waals surface area contributed by atoms with Gasteiger partial charge in [-0.1, -0.05) is 30.3 Å². The Morgan fingerprint density at radius 2 is 1.71 bits per heavy atom. The number of fused-ring (bicyclic) bond motifs is 1. The summed E-state index contributed by atoms with van der Waals surface area (Å²) in [7, 11) is 0. The van der Waals surface area contributed by atoms with Gasteiger partial charge in [-0.15, -0.1) is 0 Å². The molecule has 1 N–H and O–H groups in total. The van der Waals surface area contributed by atoms with Crippen LogP contribution in [0.5, 0.6) is 11.5 Å². The molecule has 4 aromatic rings.